The van der Waals surface area contributed by atoms with Crippen LogP contribution in [0.2, 0.25) is 5.02 Å². The average Bonchev–Trinajstić information content (AvgIpc) is 3.10. The highest BCUT2D eigenvalue weighted by Crippen LogP contribution is 2.17. The smallest absolute Gasteiger partial charge is 0.356 e. The molecule has 0 saturated carbocycles. The highest BCUT2D eigenvalue weighted by Gasteiger charge is 2.22. The summed E-state index contributed by atoms with van der Waals surface area (Å²) in [5, 5.41) is 8.90. The Morgan fingerprint density at radius 3 is 2.62 bits per heavy atom. The van der Waals surface area contributed by atoms with Crippen LogP contribution in [0.15, 0.2) is 12.3 Å². The van der Waals surface area contributed by atoms with E-state index in [4.69, 9.17) is 16.3 Å². The molecule has 2 aromatic rings. The summed E-state index contributed by atoms with van der Waals surface area (Å²) >= 11 is 6.12. The number of rotatable bonds is 6. The van der Waals surface area contributed by atoms with Gasteiger partial charge in [-0.25, -0.2) is 4.79 Å². The van der Waals surface area contributed by atoms with Crippen molar-refractivity contribution in [3.8, 4) is 0 Å². The molecule has 0 saturated heterocycles. The minimum Gasteiger partial charge on any atom is -0.461 e. The molecule has 8 nitrogen and oxygen atoms in total. The highest BCUT2D eigenvalue weighted by molar-refractivity contribution is 6.31. The molecule has 24 heavy (non-hydrogen) atoms. The van der Waals surface area contributed by atoms with Crippen molar-refractivity contribution in [2.45, 2.75) is 26.9 Å². The normalized spacial score (nSPS) is 10.7. The quantitative estimate of drug-likeness (QED) is 0.739. The van der Waals surface area contributed by atoms with Gasteiger partial charge in [-0.05, 0) is 13.8 Å². The number of aryl methyl sites for hydroxylation is 2. The van der Waals surface area contributed by atoms with Crippen LogP contribution >= 0.6 is 11.6 Å². The number of aromatic nitrogens is 4. The summed E-state index contributed by atoms with van der Waals surface area (Å²) in [7, 11) is 3.21. The molecule has 130 valence electrons. The minimum absolute atomic E-state index is 0.161. The van der Waals surface area contributed by atoms with Crippen molar-refractivity contribution in [1.29, 1.82) is 0 Å². The Bertz CT molecular complexity index is 752. The van der Waals surface area contributed by atoms with Gasteiger partial charge in [0, 0.05) is 32.9 Å². The van der Waals surface area contributed by atoms with Gasteiger partial charge < -0.3 is 9.64 Å². The van der Waals surface area contributed by atoms with E-state index in [0.29, 0.717) is 17.3 Å². The van der Waals surface area contributed by atoms with Gasteiger partial charge >= 0.3 is 5.97 Å². The van der Waals surface area contributed by atoms with Gasteiger partial charge in [-0.1, -0.05) is 11.6 Å². The van der Waals surface area contributed by atoms with Crippen LogP contribution in [-0.4, -0.2) is 50.0 Å². The Labute approximate surface area is 144 Å². The predicted molar refractivity (Wildman–Crippen MR) is 87.9 cm³/mol. The monoisotopic (exact) mass is 353 g/mol. The van der Waals surface area contributed by atoms with Crippen molar-refractivity contribution in [3.05, 3.63) is 34.4 Å². The fraction of sp³-hybridized carbons (Fsp3) is 0.467. The molecule has 0 unspecified atom stereocenters. The van der Waals surface area contributed by atoms with Crippen molar-refractivity contribution in [3.63, 3.8) is 0 Å². The Balaban J connectivity index is 2.14. The molecule has 0 atom stereocenters. The third kappa shape index (κ3) is 3.76. The number of carbonyl (C=O) groups excluding carboxylic acids is 2. The summed E-state index contributed by atoms with van der Waals surface area (Å²) in [4.78, 5) is 25.8. The van der Waals surface area contributed by atoms with E-state index in [2.05, 4.69) is 10.2 Å². The zero-order valence-corrected chi connectivity index (χ0v) is 14.9. The Hall–Kier alpha value is -2.35. The standard InChI is InChI=1S/C15H20ClN5O3/c1-5-21-8-10(16)12(18-21)9-19(3)14(22)11-7-13(20(4)17-11)15(23)24-6-2/h7-8H,5-6,9H2,1-4H3. The second kappa shape index (κ2) is 7.48. The maximum Gasteiger partial charge on any atom is 0.356 e. The topological polar surface area (TPSA) is 82.2 Å². The largest absolute Gasteiger partial charge is 0.461 e. The summed E-state index contributed by atoms with van der Waals surface area (Å²) in [6, 6.07) is 1.42. The number of ether oxygens (including phenoxy) is 1. The van der Waals surface area contributed by atoms with Gasteiger partial charge in [0.1, 0.15) is 11.4 Å². The molecular weight excluding hydrogens is 334 g/mol. The third-order valence-corrected chi connectivity index (χ3v) is 3.74. The second-order valence-corrected chi connectivity index (χ2v) is 5.61. The molecule has 9 heteroatoms. The third-order valence-electron chi connectivity index (χ3n) is 3.43. The lowest BCUT2D eigenvalue weighted by Crippen LogP contribution is -2.27. The number of esters is 1. The summed E-state index contributed by atoms with van der Waals surface area (Å²) in [5.74, 6) is -0.845. The van der Waals surface area contributed by atoms with Crippen LogP contribution in [0.3, 0.4) is 0 Å². The lowest BCUT2D eigenvalue weighted by atomic mass is 10.3. The van der Waals surface area contributed by atoms with Crippen LogP contribution in [0.25, 0.3) is 0 Å². The molecule has 0 fully saturated rings. The lowest BCUT2D eigenvalue weighted by molar-refractivity contribution is 0.0513. The van der Waals surface area contributed by atoms with Crippen LogP contribution in [-0.2, 0) is 24.9 Å². The zero-order chi connectivity index (χ0) is 17.9. The van der Waals surface area contributed by atoms with Crippen molar-refractivity contribution in [2.75, 3.05) is 13.7 Å². The molecule has 1 amide bonds. The maximum atomic E-state index is 12.5. The van der Waals surface area contributed by atoms with Gasteiger partial charge in [-0.3, -0.25) is 14.2 Å². The van der Waals surface area contributed by atoms with E-state index in [9.17, 15) is 9.59 Å². The van der Waals surface area contributed by atoms with Gasteiger partial charge in [0.05, 0.1) is 18.2 Å². The maximum absolute atomic E-state index is 12.5. The van der Waals surface area contributed by atoms with Crippen molar-refractivity contribution in [2.24, 2.45) is 7.05 Å². The van der Waals surface area contributed by atoms with Gasteiger partial charge in [0.15, 0.2) is 5.69 Å². The fourth-order valence-corrected chi connectivity index (χ4v) is 2.38. The van der Waals surface area contributed by atoms with E-state index < -0.39 is 5.97 Å². The molecular formula is C15H20ClN5O3. The molecule has 0 bridgehead atoms. The van der Waals surface area contributed by atoms with Gasteiger partial charge in [-0.2, -0.15) is 10.2 Å². The number of nitrogens with zero attached hydrogens (tertiary/aromatic N) is 5. The molecule has 0 radical (unpaired) electrons. The summed E-state index contributed by atoms with van der Waals surface area (Å²) in [6.07, 6.45) is 1.72. The van der Waals surface area contributed by atoms with E-state index in [1.807, 2.05) is 6.92 Å². The van der Waals surface area contributed by atoms with Crippen molar-refractivity contribution >= 4 is 23.5 Å². The summed E-state index contributed by atoms with van der Waals surface area (Å²) in [5.41, 5.74) is 0.993. The van der Waals surface area contributed by atoms with Crippen molar-refractivity contribution < 1.29 is 14.3 Å². The van der Waals surface area contributed by atoms with E-state index in [1.165, 1.54) is 15.6 Å². The summed E-state index contributed by atoms with van der Waals surface area (Å²) < 4.78 is 7.97. The first kappa shape index (κ1) is 18.0. The van der Waals surface area contributed by atoms with E-state index in [0.717, 1.165) is 0 Å². The van der Waals surface area contributed by atoms with Crippen LogP contribution in [0.5, 0.6) is 0 Å². The molecule has 2 aromatic heterocycles. The van der Waals surface area contributed by atoms with Gasteiger partial charge in [-0.15, -0.1) is 0 Å². The number of amides is 1. The molecule has 0 aromatic carbocycles. The molecule has 0 spiro atoms. The molecule has 0 aliphatic heterocycles. The number of hydrogen-bond donors (Lipinski definition) is 0. The van der Waals surface area contributed by atoms with Gasteiger partial charge in [0.2, 0.25) is 0 Å². The Morgan fingerprint density at radius 2 is 2.04 bits per heavy atom. The molecule has 0 aliphatic carbocycles. The van der Waals surface area contributed by atoms with E-state index in [1.54, 1.807) is 31.9 Å². The fourth-order valence-electron chi connectivity index (χ4n) is 2.17. The first-order valence-corrected chi connectivity index (χ1v) is 7.93. The van der Waals surface area contributed by atoms with Crippen molar-refractivity contribution in [1.82, 2.24) is 24.5 Å². The lowest BCUT2D eigenvalue weighted by Gasteiger charge is -2.14. The highest BCUT2D eigenvalue weighted by atomic mass is 35.5. The second-order valence-electron chi connectivity index (χ2n) is 5.20. The van der Waals surface area contributed by atoms with E-state index in [-0.39, 0.29) is 30.4 Å². The van der Waals surface area contributed by atoms with Gasteiger partial charge in [0.25, 0.3) is 5.91 Å². The summed E-state index contributed by atoms with van der Waals surface area (Å²) in [6.45, 7) is 4.86. The first-order valence-electron chi connectivity index (χ1n) is 7.55. The van der Waals surface area contributed by atoms with Crippen LogP contribution in [0, 0.1) is 0 Å². The molecule has 2 rings (SSSR count). The Kier molecular flexibility index (Phi) is 5.61. The number of hydrogen-bond acceptors (Lipinski definition) is 5. The van der Waals surface area contributed by atoms with Crippen LogP contribution in [0.4, 0.5) is 0 Å². The van der Waals surface area contributed by atoms with E-state index >= 15 is 0 Å². The number of carbonyl (C=O) groups is 2. The average molecular weight is 354 g/mol. The van der Waals surface area contributed by atoms with Crippen LogP contribution in [0.1, 0.15) is 40.5 Å². The van der Waals surface area contributed by atoms with Crippen LogP contribution < -0.4 is 0 Å². The molecule has 0 N–H and O–H groups in total. The SMILES string of the molecule is CCOC(=O)c1cc(C(=O)N(C)Cc2nn(CC)cc2Cl)nn1C. The Morgan fingerprint density at radius 1 is 1.33 bits per heavy atom. The minimum atomic E-state index is -0.515. The first-order chi connectivity index (χ1) is 11.4. The number of halogens is 1. The molecule has 2 heterocycles. The zero-order valence-electron chi connectivity index (χ0n) is 14.1. The molecule has 0 aliphatic rings. The predicted octanol–water partition coefficient (Wildman–Crippen LogP) is 1.74.